The fraction of sp³-hybridized carbons (Fsp3) is 0.308. The van der Waals surface area contributed by atoms with E-state index >= 15 is 0 Å². The molecule has 4 rings (SSSR count). The molecule has 2 aromatic carbocycles. The number of benzene rings is 2. The van der Waals surface area contributed by atoms with Gasteiger partial charge in [-0.3, -0.25) is 4.79 Å². The molecule has 1 aliphatic rings. The summed E-state index contributed by atoms with van der Waals surface area (Å²) >= 11 is 0. The highest BCUT2D eigenvalue weighted by molar-refractivity contribution is 5.78. The van der Waals surface area contributed by atoms with Gasteiger partial charge in [0.1, 0.15) is 23.9 Å². The zero-order chi connectivity index (χ0) is 25.0. The molecule has 35 heavy (non-hydrogen) atoms. The van der Waals surface area contributed by atoms with Crippen LogP contribution in [0.25, 0.3) is 0 Å². The predicted octanol–water partition coefficient (Wildman–Crippen LogP) is 5.45. The second-order valence-electron chi connectivity index (χ2n) is 8.26. The van der Waals surface area contributed by atoms with Crippen LogP contribution >= 0.6 is 0 Å². The van der Waals surface area contributed by atoms with Crippen molar-refractivity contribution in [1.29, 1.82) is 0 Å². The second kappa shape index (κ2) is 10.4. The minimum atomic E-state index is -4.42. The number of ether oxygens (including phenoxy) is 2. The van der Waals surface area contributed by atoms with Crippen molar-refractivity contribution in [2.24, 2.45) is 0 Å². The molecule has 1 fully saturated rings. The van der Waals surface area contributed by atoms with Crippen molar-refractivity contribution in [1.82, 2.24) is 9.88 Å². The monoisotopic (exact) mass is 485 g/mol. The minimum absolute atomic E-state index is 0.0104. The van der Waals surface area contributed by atoms with Crippen LogP contribution in [-0.2, 0) is 22.1 Å². The number of pyridine rings is 1. The topological polar surface area (TPSA) is 54.9 Å². The van der Waals surface area contributed by atoms with Crippen LogP contribution in [0.2, 0.25) is 0 Å². The summed E-state index contributed by atoms with van der Waals surface area (Å²) in [7, 11) is 1.80. The van der Waals surface area contributed by atoms with Crippen molar-refractivity contribution in [3.05, 3.63) is 78.0 Å². The highest BCUT2D eigenvalue weighted by Crippen LogP contribution is 2.32. The van der Waals surface area contributed by atoms with E-state index in [4.69, 9.17) is 9.47 Å². The Kier molecular flexibility index (Phi) is 7.25. The van der Waals surface area contributed by atoms with Crippen molar-refractivity contribution in [3.8, 4) is 11.5 Å². The molecule has 0 bridgehead atoms. The first kappa shape index (κ1) is 24.5. The standard InChI is InChI=1S/C26H26F3N3O3/c1-3-32(24-13-6-19(15-30-24)26(27,28)29)20-7-11-23(12-8-20)35-22-9-4-18(5-10-22)14-21-16-34-17-25(33)31(21)2/h4-13,15,21H,3,14,16-17H2,1-2H3. The number of nitrogens with zero attached hydrogens (tertiary/aromatic N) is 3. The molecule has 0 aliphatic carbocycles. The number of halogens is 3. The molecule has 0 radical (unpaired) electrons. The number of anilines is 2. The molecule has 1 amide bonds. The van der Waals surface area contributed by atoms with E-state index < -0.39 is 11.7 Å². The van der Waals surface area contributed by atoms with Crippen molar-refractivity contribution >= 4 is 17.4 Å². The molecule has 1 unspecified atom stereocenters. The molecule has 9 heteroatoms. The summed E-state index contributed by atoms with van der Waals surface area (Å²) in [4.78, 5) is 19.3. The molecule has 6 nitrogen and oxygen atoms in total. The Morgan fingerprint density at radius 3 is 2.29 bits per heavy atom. The number of hydrogen-bond acceptors (Lipinski definition) is 5. The summed E-state index contributed by atoms with van der Waals surface area (Å²) in [6.07, 6.45) is -2.88. The summed E-state index contributed by atoms with van der Waals surface area (Å²) in [6, 6.07) is 17.4. The normalized spacial score (nSPS) is 16.3. The van der Waals surface area contributed by atoms with E-state index in [0.29, 0.717) is 36.9 Å². The Morgan fingerprint density at radius 2 is 1.71 bits per heavy atom. The average Bonchev–Trinajstić information content (AvgIpc) is 2.84. The quantitative estimate of drug-likeness (QED) is 0.446. The molecule has 184 valence electrons. The summed E-state index contributed by atoms with van der Waals surface area (Å²) in [5, 5.41) is 0. The van der Waals surface area contributed by atoms with Crippen molar-refractivity contribution in [3.63, 3.8) is 0 Å². The van der Waals surface area contributed by atoms with E-state index in [0.717, 1.165) is 23.5 Å². The first-order valence-electron chi connectivity index (χ1n) is 11.3. The molecule has 0 N–H and O–H groups in total. The van der Waals surface area contributed by atoms with Gasteiger partial charge in [-0.2, -0.15) is 13.2 Å². The summed E-state index contributed by atoms with van der Waals surface area (Å²) in [5.41, 5.74) is 1.08. The Morgan fingerprint density at radius 1 is 1.06 bits per heavy atom. The Balaban J connectivity index is 1.39. The van der Waals surface area contributed by atoms with Crippen LogP contribution in [-0.4, -0.2) is 48.6 Å². The van der Waals surface area contributed by atoms with Gasteiger partial charge in [-0.25, -0.2) is 4.98 Å². The number of aromatic nitrogens is 1. The van der Waals surface area contributed by atoms with Crippen LogP contribution in [0.4, 0.5) is 24.7 Å². The van der Waals surface area contributed by atoms with Crippen molar-refractivity contribution in [2.45, 2.75) is 25.6 Å². The molecular weight excluding hydrogens is 459 g/mol. The zero-order valence-electron chi connectivity index (χ0n) is 19.5. The fourth-order valence-corrected chi connectivity index (χ4v) is 3.88. The minimum Gasteiger partial charge on any atom is -0.457 e. The van der Waals surface area contributed by atoms with Gasteiger partial charge >= 0.3 is 6.18 Å². The number of carbonyl (C=O) groups is 1. The van der Waals surface area contributed by atoms with Gasteiger partial charge in [0.2, 0.25) is 5.91 Å². The van der Waals surface area contributed by atoms with E-state index in [1.54, 1.807) is 24.1 Å². The second-order valence-corrected chi connectivity index (χ2v) is 8.26. The summed E-state index contributed by atoms with van der Waals surface area (Å²) < 4.78 is 49.8. The Hall–Kier alpha value is -3.59. The van der Waals surface area contributed by atoms with E-state index in [1.807, 2.05) is 48.2 Å². The number of carbonyl (C=O) groups excluding carboxylic acids is 1. The Labute approximate surface area is 201 Å². The number of likely N-dealkylation sites (N-methyl/N-ethyl adjacent to an activating group) is 1. The van der Waals surface area contributed by atoms with E-state index in [9.17, 15) is 18.0 Å². The van der Waals surface area contributed by atoms with Gasteiger partial charge in [0.05, 0.1) is 18.2 Å². The zero-order valence-corrected chi connectivity index (χ0v) is 19.5. The van der Waals surface area contributed by atoms with Gasteiger partial charge in [-0.15, -0.1) is 0 Å². The fourth-order valence-electron chi connectivity index (χ4n) is 3.88. The predicted molar refractivity (Wildman–Crippen MR) is 126 cm³/mol. The first-order valence-corrected chi connectivity index (χ1v) is 11.3. The lowest BCUT2D eigenvalue weighted by molar-refractivity contribution is -0.145. The van der Waals surface area contributed by atoms with Crippen LogP contribution in [0.15, 0.2) is 66.9 Å². The maximum Gasteiger partial charge on any atom is 0.417 e. The third-order valence-corrected chi connectivity index (χ3v) is 5.92. The SMILES string of the molecule is CCN(c1ccc(Oc2ccc(CC3COCC(=O)N3C)cc2)cc1)c1ccc(C(F)(F)F)cn1. The number of morpholine rings is 1. The third-order valence-electron chi connectivity index (χ3n) is 5.92. The van der Waals surface area contributed by atoms with Gasteiger partial charge in [0.25, 0.3) is 0 Å². The van der Waals surface area contributed by atoms with Gasteiger partial charge < -0.3 is 19.3 Å². The molecule has 1 aromatic heterocycles. The lowest BCUT2D eigenvalue weighted by Crippen LogP contribution is -2.47. The van der Waals surface area contributed by atoms with Crippen LogP contribution < -0.4 is 9.64 Å². The van der Waals surface area contributed by atoms with Gasteiger partial charge in [-0.05, 0) is 67.4 Å². The highest BCUT2D eigenvalue weighted by atomic mass is 19.4. The molecule has 2 heterocycles. The largest absolute Gasteiger partial charge is 0.457 e. The van der Waals surface area contributed by atoms with Crippen molar-refractivity contribution in [2.75, 3.05) is 31.7 Å². The van der Waals surface area contributed by atoms with Gasteiger partial charge in [0.15, 0.2) is 0 Å². The molecule has 1 atom stereocenters. The maximum absolute atomic E-state index is 12.8. The molecule has 0 saturated carbocycles. The molecule has 0 spiro atoms. The molecule has 3 aromatic rings. The first-order chi connectivity index (χ1) is 16.7. The highest BCUT2D eigenvalue weighted by Gasteiger charge is 2.31. The lowest BCUT2D eigenvalue weighted by Gasteiger charge is -2.32. The summed E-state index contributed by atoms with van der Waals surface area (Å²) in [5.74, 6) is 1.72. The van der Waals surface area contributed by atoms with Crippen LogP contribution in [0.5, 0.6) is 11.5 Å². The average molecular weight is 486 g/mol. The number of alkyl halides is 3. The van der Waals surface area contributed by atoms with E-state index in [-0.39, 0.29) is 18.6 Å². The number of hydrogen-bond donors (Lipinski definition) is 0. The summed E-state index contributed by atoms with van der Waals surface area (Å²) in [6.45, 7) is 3.09. The molecule has 1 saturated heterocycles. The maximum atomic E-state index is 12.8. The van der Waals surface area contributed by atoms with Crippen LogP contribution in [0.1, 0.15) is 18.1 Å². The molecule has 1 aliphatic heterocycles. The van der Waals surface area contributed by atoms with E-state index in [2.05, 4.69) is 4.98 Å². The smallest absolute Gasteiger partial charge is 0.417 e. The lowest BCUT2D eigenvalue weighted by atomic mass is 10.0. The van der Waals surface area contributed by atoms with Crippen molar-refractivity contribution < 1.29 is 27.4 Å². The number of amides is 1. The van der Waals surface area contributed by atoms with E-state index in [1.165, 1.54) is 6.07 Å². The van der Waals surface area contributed by atoms with Crippen LogP contribution in [0.3, 0.4) is 0 Å². The Bertz CT molecular complexity index is 1130. The number of rotatable bonds is 7. The molecular formula is C26H26F3N3O3. The van der Waals surface area contributed by atoms with Crippen LogP contribution in [0, 0.1) is 0 Å². The third kappa shape index (κ3) is 5.92. The van der Waals surface area contributed by atoms with Gasteiger partial charge in [-0.1, -0.05) is 12.1 Å². The van der Waals surface area contributed by atoms with Gasteiger partial charge in [0, 0.05) is 25.5 Å².